The molecular formula is C40H67N3O10. The van der Waals surface area contributed by atoms with Crippen LogP contribution in [0.5, 0.6) is 5.75 Å². The molecule has 1 aromatic carbocycles. The molecule has 14 atom stereocenters. The average molecular weight is 750 g/mol. The van der Waals surface area contributed by atoms with E-state index in [1.165, 1.54) is 13.8 Å². The summed E-state index contributed by atoms with van der Waals surface area (Å²) < 4.78 is 25.8. The summed E-state index contributed by atoms with van der Waals surface area (Å²) in [7, 11) is 5.41. The predicted octanol–water partition coefficient (Wildman–Crippen LogP) is 3.65. The number of amides is 2. The molecule has 1 saturated carbocycles. The topological polar surface area (TPSA) is 162 Å². The summed E-state index contributed by atoms with van der Waals surface area (Å²) in [4.78, 5) is 32.7. The number of carbonyl (C=O) groups excluding carboxylic acids is 2. The van der Waals surface area contributed by atoms with E-state index in [0.717, 1.165) is 12.8 Å². The second-order valence-corrected chi connectivity index (χ2v) is 16.8. The van der Waals surface area contributed by atoms with E-state index in [1.807, 2.05) is 63.2 Å². The van der Waals surface area contributed by atoms with E-state index in [4.69, 9.17) is 18.9 Å². The third kappa shape index (κ3) is 10.0. The van der Waals surface area contributed by atoms with Crippen LogP contribution in [0.3, 0.4) is 0 Å². The number of rotatable bonds is 7. The highest BCUT2D eigenvalue weighted by Crippen LogP contribution is 2.38. The van der Waals surface area contributed by atoms with Crippen molar-refractivity contribution in [1.82, 2.24) is 14.7 Å². The molecule has 2 amide bonds. The fourth-order valence-corrected chi connectivity index (χ4v) is 8.39. The maximum atomic E-state index is 13.7. The van der Waals surface area contributed by atoms with Crippen LogP contribution in [0.25, 0.3) is 0 Å². The van der Waals surface area contributed by atoms with E-state index in [9.17, 15) is 30.0 Å². The normalized spacial score (nSPS) is 41.1. The van der Waals surface area contributed by atoms with Gasteiger partial charge in [-0.25, -0.2) is 4.79 Å². The molecule has 13 heteroatoms. The Kier molecular flexibility index (Phi) is 14.3. The second-order valence-electron chi connectivity index (χ2n) is 16.8. The van der Waals surface area contributed by atoms with E-state index in [-0.39, 0.29) is 36.9 Å². The lowest BCUT2D eigenvalue weighted by atomic mass is 9.78. The summed E-state index contributed by atoms with van der Waals surface area (Å²) in [5.41, 5.74) is -3.36. The molecule has 3 aliphatic rings. The number of esters is 1. The Morgan fingerprint density at radius 2 is 1.64 bits per heavy atom. The van der Waals surface area contributed by atoms with Gasteiger partial charge in [0, 0.05) is 38.6 Å². The molecule has 0 bridgehead atoms. The average Bonchev–Trinajstić information content (AvgIpc) is 3.96. The summed E-state index contributed by atoms with van der Waals surface area (Å²) in [6, 6.07) is 8.29. The van der Waals surface area contributed by atoms with Crippen LogP contribution in [0.4, 0.5) is 4.79 Å². The van der Waals surface area contributed by atoms with Crippen molar-refractivity contribution in [2.24, 2.45) is 17.8 Å². The third-order valence-electron chi connectivity index (χ3n) is 12.0. The monoisotopic (exact) mass is 749 g/mol. The molecule has 4 rings (SSSR count). The van der Waals surface area contributed by atoms with Crippen LogP contribution in [0.2, 0.25) is 0 Å². The van der Waals surface area contributed by atoms with Gasteiger partial charge in [0.25, 0.3) is 0 Å². The number of hydrogen-bond acceptors (Lipinski definition) is 11. The lowest BCUT2D eigenvalue weighted by molar-refractivity contribution is -0.294. The number of benzene rings is 1. The molecular weight excluding hydrogens is 682 g/mol. The van der Waals surface area contributed by atoms with Crippen molar-refractivity contribution in [3.8, 4) is 5.75 Å². The number of nitrogens with zero attached hydrogens (tertiary/aromatic N) is 3. The summed E-state index contributed by atoms with van der Waals surface area (Å²) in [5, 5.41) is 47.2. The molecule has 0 aromatic heterocycles. The molecule has 53 heavy (non-hydrogen) atoms. The van der Waals surface area contributed by atoms with Gasteiger partial charge in [0.15, 0.2) is 12.4 Å². The number of aliphatic hydroxyl groups excluding tert-OH is 2. The maximum Gasteiger partial charge on any atom is 0.320 e. The Hall–Kier alpha value is -2.52. The van der Waals surface area contributed by atoms with Gasteiger partial charge >= 0.3 is 12.0 Å². The van der Waals surface area contributed by atoms with E-state index in [0.29, 0.717) is 18.7 Å². The molecule has 1 aliphatic carbocycles. The lowest BCUT2D eigenvalue weighted by Crippen LogP contribution is -2.62. The maximum absolute atomic E-state index is 13.7. The molecule has 0 radical (unpaired) electrons. The Balaban J connectivity index is 1.74. The summed E-state index contributed by atoms with van der Waals surface area (Å²) in [6.45, 7) is 14.3. The van der Waals surface area contributed by atoms with Crippen molar-refractivity contribution in [3.05, 3.63) is 30.3 Å². The van der Waals surface area contributed by atoms with Gasteiger partial charge < -0.3 is 54.1 Å². The van der Waals surface area contributed by atoms with Gasteiger partial charge in [-0.15, -0.1) is 0 Å². The van der Waals surface area contributed by atoms with Crippen molar-refractivity contribution in [1.29, 1.82) is 0 Å². The van der Waals surface area contributed by atoms with Crippen LogP contribution in [0.1, 0.15) is 87.5 Å². The predicted molar refractivity (Wildman–Crippen MR) is 200 cm³/mol. The Morgan fingerprint density at radius 3 is 2.23 bits per heavy atom. The minimum Gasteiger partial charge on any atom is -0.483 e. The smallest absolute Gasteiger partial charge is 0.320 e. The van der Waals surface area contributed by atoms with Crippen molar-refractivity contribution in [3.63, 3.8) is 0 Å². The van der Waals surface area contributed by atoms with Gasteiger partial charge in [0.2, 0.25) is 0 Å². The van der Waals surface area contributed by atoms with Gasteiger partial charge in [-0.1, -0.05) is 39.0 Å². The number of hydrogen-bond donors (Lipinski definition) is 4. The number of carbonyl (C=O) groups is 2. The first-order valence-corrected chi connectivity index (χ1v) is 19.4. The summed E-state index contributed by atoms with van der Waals surface area (Å²) in [6.07, 6.45) is -4.19. The highest BCUT2D eigenvalue weighted by molar-refractivity contribution is 5.75. The van der Waals surface area contributed by atoms with Crippen LogP contribution in [0.15, 0.2) is 30.3 Å². The number of ether oxygens (including phenoxy) is 4. The van der Waals surface area contributed by atoms with Gasteiger partial charge in [-0.3, -0.25) is 4.79 Å². The highest BCUT2D eigenvalue weighted by Gasteiger charge is 2.51. The van der Waals surface area contributed by atoms with Crippen LogP contribution < -0.4 is 4.74 Å². The summed E-state index contributed by atoms with van der Waals surface area (Å²) >= 11 is 0. The molecule has 2 saturated heterocycles. The van der Waals surface area contributed by atoms with E-state index in [1.54, 1.807) is 44.5 Å². The van der Waals surface area contributed by atoms with Gasteiger partial charge in [-0.2, -0.15) is 0 Å². The molecule has 0 unspecified atom stereocenters. The van der Waals surface area contributed by atoms with Crippen molar-refractivity contribution >= 4 is 12.0 Å². The number of aliphatic hydroxyl groups is 4. The molecule has 2 heterocycles. The molecule has 3 fully saturated rings. The molecule has 13 nitrogen and oxygen atoms in total. The van der Waals surface area contributed by atoms with Crippen molar-refractivity contribution < 1.29 is 49.0 Å². The van der Waals surface area contributed by atoms with Gasteiger partial charge in [0.1, 0.15) is 23.6 Å². The van der Waals surface area contributed by atoms with Gasteiger partial charge in [0.05, 0.1) is 35.9 Å². The Labute approximate surface area is 316 Å². The van der Waals surface area contributed by atoms with E-state index < -0.39 is 77.9 Å². The zero-order chi connectivity index (χ0) is 39.6. The zero-order valence-corrected chi connectivity index (χ0v) is 33.7. The quantitative estimate of drug-likeness (QED) is 0.302. The second kappa shape index (κ2) is 17.5. The fraction of sp³-hybridized carbons (Fsp3) is 0.800. The number of cyclic esters (lactones) is 1. The molecule has 302 valence electrons. The number of para-hydroxylation sites is 1. The zero-order valence-electron chi connectivity index (χ0n) is 33.7. The van der Waals surface area contributed by atoms with Gasteiger partial charge in [-0.05, 0) is 91.8 Å². The molecule has 4 N–H and O–H groups in total. The Bertz CT molecular complexity index is 1350. The molecule has 0 spiro atoms. The first-order valence-electron chi connectivity index (χ1n) is 19.4. The summed E-state index contributed by atoms with van der Waals surface area (Å²) in [5.74, 6) is -2.28. The van der Waals surface area contributed by atoms with Crippen LogP contribution in [-0.2, 0) is 19.0 Å². The minimum absolute atomic E-state index is 0.134. The Morgan fingerprint density at radius 1 is 1.02 bits per heavy atom. The van der Waals surface area contributed by atoms with Crippen LogP contribution in [0, 0.1) is 17.8 Å². The largest absolute Gasteiger partial charge is 0.483 e. The minimum atomic E-state index is -1.78. The van der Waals surface area contributed by atoms with Crippen molar-refractivity contribution in [2.75, 3.05) is 27.7 Å². The SMILES string of the molecule is CC[C@H]1OC(=O)[C@H](C)[C@@H](O)[C@H](C)[C@@H](O[C@@H]2O[C@H](C)C[C@H](N(C)C(=O)N(C)C3CC3)[C@H]2Oc2ccccc2)[C@](C)(O)C[C@@H](C)CN(C)[C@H](C)[C@@H](O)[C@]1(C)O. The first-order chi connectivity index (χ1) is 24.7. The van der Waals surface area contributed by atoms with E-state index in [2.05, 4.69) is 0 Å². The first kappa shape index (κ1) is 43.2. The van der Waals surface area contributed by atoms with Crippen LogP contribution in [-0.4, -0.2) is 147 Å². The molecule has 1 aromatic rings. The highest BCUT2D eigenvalue weighted by atomic mass is 16.7. The molecule has 2 aliphatic heterocycles. The standard InChI is InChI=1S/C40H67N3O10/c1-12-31-40(8,49)34(45)27(6)41(9)22-23(2)21-39(7,48)35(25(4)32(44)26(5)36(46)52-31)53-37-33(51-29-16-14-13-15-17-29)30(20-24(3)50-37)43(11)38(47)42(10)28-18-19-28/h13-17,23-28,30-35,37,44-45,48-49H,12,18-22H2,1-11H3/t23-,24-,25+,26-,27-,30+,31-,32+,33-,34-,35-,37+,39-,40-/m1/s1. The lowest BCUT2D eigenvalue weighted by Gasteiger charge is -2.48. The van der Waals surface area contributed by atoms with Crippen LogP contribution >= 0.6 is 0 Å². The fourth-order valence-electron chi connectivity index (χ4n) is 8.39. The third-order valence-corrected chi connectivity index (χ3v) is 12.0. The van der Waals surface area contributed by atoms with E-state index >= 15 is 0 Å². The van der Waals surface area contributed by atoms with Crippen molar-refractivity contribution in [2.45, 2.75) is 160 Å². The number of urea groups is 1. The number of likely N-dealkylation sites (N-methyl/N-ethyl adjacent to an activating group) is 2.